The minimum absolute atomic E-state index is 0. The molecule has 0 aromatic rings. The number of phosphoric acid groups is 1. The number of piperidine rings is 1. The molecule has 2 aliphatic rings. The molecule has 11 nitrogen and oxygen atoms in total. The van der Waals surface area contributed by atoms with Crippen molar-refractivity contribution in [3.05, 3.63) is 0 Å². The Morgan fingerprint density at radius 3 is 1.50 bits per heavy atom. The zero-order valence-corrected chi connectivity index (χ0v) is 17.3. The van der Waals surface area contributed by atoms with E-state index in [1.807, 2.05) is 0 Å². The summed E-state index contributed by atoms with van der Waals surface area (Å²) in [6, 6.07) is 0.583. The molecule has 13 heteroatoms. The maximum atomic E-state index is 10.6. The van der Waals surface area contributed by atoms with E-state index in [1.54, 1.807) is 0 Å². The van der Waals surface area contributed by atoms with Crippen LogP contribution in [0.15, 0.2) is 0 Å². The summed E-state index contributed by atoms with van der Waals surface area (Å²) in [5.41, 5.74) is 11.1. The number of rotatable bonds is 3. The van der Waals surface area contributed by atoms with Gasteiger partial charge in [-0.3, -0.25) is 9.59 Å². The van der Waals surface area contributed by atoms with E-state index in [1.165, 1.54) is 6.42 Å². The number of nitrogens with one attached hydrogen (secondary N) is 1. The van der Waals surface area contributed by atoms with Gasteiger partial charge >= 0.3 is 40.8 Å². The van der Waals surface area contributed by atoms with Crippen molar-refractivity contribution in [1.82, 2.24) is 5.32 Å². The SMILES string of the molecule is NC1CCCC1N.O=C(O)C(C(=O)O)C1CCNCC1.O=P(O)(O)O.[Pt+2]. The van der Waals surface area contributed by atoms with Crippen LogP contribution < -0.4 is 16.8 Å². The first-order valence-corrected chi connectivity index (χ1v) is 9.45. The number of carbonyl (C=O) groups is 2. The van der Waals surface area contributed by atoms with Gasteiger partial charge in [-0.2, -0.15) is 0 Å². The molecule has 0 aromatic heterocycles. The molecule has 2 atom stereocenters. The minimum Gasteiger partial charge on any atom is -0.481 e. The molecular weight excluding hydrogens is 552 g/mol. The van der Waals surface area contributed by atoms with Crippen LogP contribution in [0.3, 0.4) is 0 Å². The zero-order chi connectivity index (χ0) is 19.6. The number of carboxylic acids is 2. The summed E-state index contributed by atoms with van der Waals surface area (Å²) in [4.78, 5) is 42.8. The first-order valence-electron chi connectivity index (χ1n) is 7.89. The van der Waals surface area contributed by atoms with Gasteiger partial charge in [-0.15, -0.1) is 0 Å². The molecule has 0 radical (unpaired) electrons. The topological polar surface area (TPSA) is 216 Å². The predicted molar refractivity (Wildman–Crippen MR) is 88.4 cm³/mol. The van der Waals surface area contributed by atoms with Gasteiger partial charge in [-0.05, 0) is 44.7 Å². The van der Waals surface area contributed by atoms with Crippen LogP contribution in [0.1, 0.15) is 32.1 Å². The zero-order valence-electron chi connectivity index (χ0n) is 14.1. The molecule has 26 heavy (non-hydrogen) atoms. The fraction of sp³-hybridized carbons (Fsp3) is 0.846. The Bertz CT molecular complexity index is 442. The second kappa shape index (κ2) is 13.7. The Morgan fingerprint density at radius 1 is 0.923 bits per heavy atom. The van der Waals surface area contributed by atoms with Crippen molar-refractivity contribution in [2.75, 3.05) is 13.1 Å². The van der Waals surface area contributed by atoms with Crippen molar-refractivity contribution in [3.63, 3.8) is 0 Å². The van der Waals surface area contributed by atoms with E-state index in [0.29, 0.717) is 38.0 Å². The Labute approximate surface area is 166 Å². The van der Waals surface area contributed by atoms with E-state index in [4.69, 9.17) is 40.9 Å². The van der Waals surface area contributed by atoms with Gasteiger partial charge in [0, 0.05) is 12.1 Å². The normalized spacial score (nSPS) is 23.0. The summed E-state index contributed by atoms with van der Waals surface area (Å²) in [6.45, 7) is 1.42. The molecule has 2 rings (SSSR count). The maximum absolute atomic E-state index is 10.6. The van der Waals surface area contributed by atoms with Crippen LogP contribution in [0.25, 0.3) is 0 Å². The van der Waals surface area contributed by atoms with Crippen molar-refractivity contribution in [2.24, 2.45) is 23.3 Å². The molecule has 2 fully saturated rings. The molecule has 2 unspecified atom stereocenters. The van der Waals surface area contributed by atoms with Crippen LogP contribution in [0, 0.1) is 11.8 Å². The van der Waals surface area contributed by atoms with Gasteiger partial charge in [0.15, 0.2) is 5.92 Å². The first kappa shape index (κ1) is 27.8. The van der Waals surface area contributed by atoms with Gasteiger partial charge < -0.3 is 41.7 Å². The Hall–Kier alpha value is -0.382. The number of carboxylic acid groups (broad SMARTS) is 2. The quantitative estimate of drug-likeness (QED) is 0.144. The summed E-state index contributed by atoms with van der Waals surface area (Å²) in [7, 11) is -4.64. The molecule has 1 aliphatic carbocycles. The molecule has 156 valence electrons. The third-order valence-corrected chi connectivity index (χ3v) is 4.01. The Kier molecular flexibility index (Phi) is 14.7. The second-order valence-electron chi connectivity index (χ2n) is 6.01. The van der Waals surface area contributed by atoms with Crippen molar-refractivity contribution in [2.45, 2.75) is 44.2 Å². The van der Waals surface area contributed by atoms with Crippen molar-refractivity contribution in [1.29, 1.82) is 0 Å². The van der Waals surface area contributed by atoms with Gasteiger partial charge in [-0.1, -0.05) is 6.42 Å². The molecule has 0 amide bonds. The standard InChI is InChI=1S/C8H13NO4.C5H12N2.H3O4P.Pt/c10-7(11)6(8(12)13)5-1-3-9-4-2-5;6-4-2-1-3-5(4)7;1-5(2,3)4;/h5-6,9H,1-4H2,(H,10,11)(H,12,13);4-5H,1-3,6-7H2;(H3,1,2,3,4);/q;;;+2. The average molecular weight is 580 g/mol. The van der Waals surface area contributed by atoms with Crippen LogP contribution in [0.5, 0.6) is 0 Å². The molecule has 1 heterocycles. The summed E-state index contributed by atoms with van der Waals surface area (Å²) in [5.74, 6) is -3.91. The predicted octanol–water partition coefficient (Wildman–Crippen LogP) is -1.33. The van der Waals surface area contributed by atoms with Gasteiger partial charge in [0.05, 0.1) is 0 Å². The van der Waals surface area contributed by atoms with E-state index in [-0.39, 0.29) is 27.0 Å². The van der Waals surface area contributed by atoms with Gasteiger partial charge in [0.1, 0.15) is 0 Å². The number of nitrogens with two attached hydrogens (primary N) is 2. The molecule has 1 saturated carbocycles. The van der Waals surface area contributed by atoms with Crippen LogP contribution in [0.2, 0.25) is 0 Å². The van der Waals surface area contributed by atoms with Gasteiger partial charge in [0.2, 0.25) is 0 Å². The molecule has 0 aromatic carbocycles. The number of aliphatic carboxylic acids is 2. The third kappa shape index (κ3) is 13.8. The summed E-state index contributed by atoms with van der Waals surface area (Å²) < 4.78 is 8.88. The van der Waals surface area contributed by atoms with Crippen molar-refractivity contribution in [3.8, 4) is 0 Å². The van der Waals surface area contributed by atoms with Crippen LogP contribution in [-0.4, -0.2) is 62.0 Å². The van der Waals surface area contributed by atoms with E-state index < -0.39 is 25.7 Å². The summed E-state index contributed by atoms with van der Waals surface area (Å²) in [5, 5.41) is 20.5. The van der Waals surface area contributed by atoms with E-state index in [0.717, 1.165) is 12.8 Å². The van der Waals surface area contributed by atoms with E-state index >= 15 is 0 Å². The molecule has 1 aliphatic heterocycles. The van der Waals surface area contributed by atoms with E-state index in [2.05, 4.69) is 5.32 Å². The van der Waals surface area contributed by atoms with E-state index in [9.17, 15) is 9.59 Å². The maximum Gasteiger partial charge on any atom is 2.00 e. The molecule has 0 bridgehead atoms. The van der Waals surface area contributed by atoms with Gasteiger partial charge in [0.25, 0.3) is 0 Å². The van der Waals surface area contributed by atoms with Gasteiger partial charge in [-0.25, -0.2) is 4.57 Å². The first-order chi connectivity index (χ1) is 11.4. The minimum atomic E-state index is -4.64. The molecule has 10 N–H and O–H groups in total. The fourth-order valence-corrected chi connectivity index (χ4v) is 2.70. The van der Waals surface area contributed by atoms with Crippen molar-refractivity contribution >= 4 is 19.8 Å². The molecule has 0 spiro atoms. The molecule has 1 saturated heterocycles. The molecular formula is C13H28N3O8PPt+2. The largest absolute Gasteiger partial charge is 2.00 e. The Balaban J connectivity index is 0. The van der Waals surface area contributed by atoms with Crippen molar-refractivity contribution < 1.29 is 60.1 Å². The Morgan fingerprint density at radius 2 is 1.27 bits per heavy atom. The fourth-order valence-electron chi connectivity index (χ4n) is 2.70. The second-order valence-corrected chi connectivity index (χ2v) is 7.04. The smallest absolute Gasteiger partial charge is 0.481 e. The summed E-state index contributed by atoms with van der Waals surface area (Å²) >= 11 is 0. The van der Waals surface area contributed by atoms with Crippen LogP contribution in [0.4, 0.5) is 0 Å². The summed E-state index contributed by atoms with van der Waals surface area (Å²) in [6.07, 6.45) is 4.73. The average Bonchev–Trinajstić information content (AvgIpc) is 2.82. The monoisotopic (exact) mass is 580 g/mol. The number of hydrogen-bond acceptors (Lipinski definition) is 6. The number of hydrogen-bond donors (Lipinski definition) is 8. The third-order valence-electron chi connectivity index (χ3n) is 4.01. The van der Waals surface area contributed by atoms with Crippen LogP contribution >= 0.6 is 7.82 Å². The van der Waals surface area contributed by atoms with Crippen LogP contribution in [-0.2, 0) is 35.2 Å².